The Morgan fingerprint density at radius 1 is 0.952 bits per heavy atom. The molecule has 0 aromatic heterocycles. The minimum absolute atomic E-state index is 0.767. The smallest absolute Gasteiger partial charge is 0.108 e. The molecule has 0 amide bonds. The second kappa shape index (κ2) is 5.52. The van der Waals surface area contributed by atoms with E-state index in [0.29, 0.717) is 0 Å². The van der Waals surface area contributed by atoms with E-state index in [-0.39, 0.29) is 0 Å². The van der Waals surface area contributed by atoms with Gasteiger partial charge in [-0.3, -0.25) is 10.4 Å². The number of nitrogens with one attached hydrogen (secondary N) is 2. The van der Waals surface area contributed by atoms with Crippen LogP contribution in [0.5, 0.6) is 0 Å². The molecule has 0 aliphatic carbocycles. The third kappa shape index (κ3) is 2.72. The summed E-state index contributed by atoms with van der Waals surface area (Å²) in [6.07, 6.45) is 0. The molecular formula is C18H21N3. The topological polar surface area (TPSA) is 27.3 Å². The van der Waals surface area contributed by atoms with Gasteiger partial charge in [-0.25, -0.2) is 0 Å². The Balaban J connectivity index is 1.87. The maximum atomic E-state index is 3.50. The highest BCUT2D eigenvalue weighted by molar-refractivity contribution is 5.69. The van der Waals surface area contributed by atoms with Crippen LogP contribution in [-0.4, -0.2) is 11.7 Å². The first-order chi connectivity index (χ1) is 10.1. The minimum Gasteiger partial charge on any atom is -0.368 e. The lowest BCUT2D eigenvalue weighted by atomic mass is 10.1. The van der Waals surface area contributed by atoms with E-state index in [1.807, 2.05) is 6.07 Å². The van der Waals surface area contributed by atoms with Crippen molar-refractivity contribution < 1.29 is 0 Å². The summed E-state index contributed by atoms with van der Waals surface area (Å²) in [5.74, 6) is 0. The second-order valence-electron chi connectivity index (χ2n) is 5.51. The van der Waals surface area contributed by atoms with Gasteiger partial charge in [-0.1, -0.05) is 36.4 Å². The molecule has 3 rings (SSSR count). The van der Waals surface area contributed by atoms with Gasteiger partial charge < -0.3 is 5.32 Å². The van der Waals surface area contributed by atoms with Crippen molar-refractivity contribution in [1.29, 1.82) is 0 Å². The predicted molar refractivity (Wildman–Crippen MR) is 88.4 cm³/mol. The minimum atomic E-state index is 0.767. The van der Waals surface area contributed by atoms with Gasteiger partial charge in [-0.05, 0) is 44.0 Å². The van der Waals surface area contributed by atoms with Gasteiger partial charge in [0, 0.05) is 11.3 Å². The lowest BCUT2D eigenvalue weighted by Gasteiger charge is -2.24. The fraction of sp³-hybridized carbons (Fsp3) is 0.222. The van der Waals surface area contributed by atoms with Gasteiger partial charge in [-0.2, -0.15) is 0 Å². The highest BCUT2D eigenvalue weighted by Crippen LogP contribution is 2.26. The van der Waals surface area contributed by atoms with Crippen molar-refractivity contribution in [3.05, 3.63) is 70.9 Å². The molecule has 1 aliphatic rings. The average molecular weight is 279 g/mol. The largest absolute Gasteiger partial charge is 0.368 e. The Morgan fingerprint density at radius 3 is 2.43 bits per heavy atom. The van der Waals surface area contributed by atoms with Crippen molar-refractivity contribution in [2.45, 2.75) is 20.8 Å². The number of anilines is 1. The zero-order valence-corrected chi connectivity index (χ0v) is 12.8. The summed E-state index contributed by atoms with van der Waals surface area (Å²) < 4.78 is 0. The van der Waals surface area contributed by atoms with Gasteiger partial charge in [0.1, 0.15) is 6.67 Å². The Hall–Kier alpha value is -2.42. The lowest BCUT2D eigenvalue weighted by Crippen LogP contribution is -2.29. The van der Waals surface area contributed by atoms with Crippen molar-refractivity contribution in [2.24, 2.45) is 0 Å². The first kappa shape index (κ1) is 13.6. The Kier molecular flexibility index (Phi) is 3.57. The maximum Gasteiger partial charge on any atom is 0.108 e. The molecule has 3 nitrogen and oxygen atoms in total. The number of hydrazine groups is 1. The molecule has 3 heteroatoms. The van der Waals surface area contributed by atoms with E-state index >= 15 is 0 Å². The molecule has 0 saturated carbocycles. The SMILES string of the molecule is CC1=C(c2ccccc2)N(Nc2ccc(C)c(C)c2)CN1. The average Bonchev–Trinajstić information content (AvgIpc) is 2.85. The van der Waals surface area contributed by atoms with E-state index in [1.54, 1.807) is 0 Å². The van der Waals surface area contributed by atoms with Crippen LogP contribution in [0.25, 0.3) is 5.70 Å². The van der Waals surface area contributed by atoms with E-state index in [9.17, 15) is 0 Å². The van der Waals surface area contributed by atoms with Crippen LogP contribution in [0.2, 0.25) is 0 Å². The predicted octanol–water partition coefficient (Wildman–Crippen LogP) is 3.88. The Labute approximate surface area is 126 Å². The molecule has 2 N–H and O–H groups in total. The van der Waals surface area contributed by atoms with Crippen LogP contribution in [0.4, 0.5) is 5.69 Å². The molecule has 0 unspecified atom stereocenters. The van der Waals surface area contributed by atoms with Crippen LogP contribution in [0, 0.1) is 13.8 Å². The fourth-order valence-electron chi connectivity index (χ4n) is 2.59. The number of allylic oxidation sites excluding steroid dienone is 1. The molecule has 0 atom stereocenters. The number of rotatable bonds is 3. The number of hydrogen-bond acceptors (Lipinski definition) is 3. The zero-order valence-electron chi connectivity index (χ0n) is 12.8. The number of nitrogens with zero attached hydrogens (tertiary/aromatic N) is 1. The van der Waals surface area contributed by atoms with Crippen LogP contribution < -0.4 is 10.7 Å². The summed E-state index contributed by atoms with van der Waals surface area (Å²) in [7, 11) is 0. The fourth-order valence-corrected chi connectivity index (χ4v) is 2.59. The molecule has 0 spiro atoms. The van der Waals surface area contributed by atoms with Crippen molar-refractivity contribution in [1.82, 2.24) is 10.3 Å². The molecule has 108 valence electrons. The van der Waals surface area contributed by atoms with Crippen LogP contribution in [0.1, 0.15) is 23.6 Å². The van der Waals surface area contributed by atoms with Gasteiger partial charge in [0.2, 0.25) is 0 Å². The first-order valence-electron chi connectivity index (χ1n) is 7.27. The van der Waals surface area contributed by atoms with Crippen molar-refractivity contribution in [3.8, 4) is 0 Å². The first-order valence-corrected chi connectivity index (χ1v) is 7.27. The summed E-state index contributed by atoms with van der Waals surface area (Å²) in [5, 5.41) is 5.57. The maximum absolute atomic E-state index is 3.50. The van der Waals surface area contributed by atoms with E-state index < -0.39 is 0 Å². The molecule has 0 bridgehead atoms. The van der Waals surface area contributed by atoms with Gasteiger partial charge in [0.05, 0.1) is 11.4 Å². The molecule has 1 heterocycles. The highest BCUT2D eigenvalue weighted by atomic mass is 15.6. The van der Waals surface area contributed by atoms with E-state index in [4.69, 9.17) is 0 Å². The van der Waals surface area contributed by atoms with Crippen molar-refractivity contribution in [3.63, 3.8) is 0 Å². The molecule has 1 aliphatic heterocycles. The zero-order chi connectivity index (χ0) is 14.8. The third-order valence-corrected chi connectivity index (χ3v) is 3.95. The second-order valence-corrected chi connectivity index (χ2v) is 5.51. The summed E-state index contributed by atoms with van der Waals surface area (Å²) in [6.45, 7) is 7.16. The molecule has 0 saturated heterocycles. The van der Waals surface area contributed by atoms with Crippen molar-refractivity contribution >= 4 is 11.4 Å². The van der Waals surface area contributed by atoms with Gasteiger partial charge in [-0.15, -0.1) is 0 Å². The van der Waals surface area contributed by atoms with Crippen LogP contribution >= 0.6 is 0 Å². The number of benzene rings is 2. The highest BCUT2D eigenvalue weighted by Gasteiger charge is 2.20. The van der Waals surface area contributed by atoms with Crippen molar-refractivity contribution in [2.75, 3.05) is 12.1 Å². The quantitative estimate of drug-likeness (QED) is 0.892. The lowest BCUT2D eigenvalue weighted by molar-refractivity contribution is 0.483. The van der Waals surface area contributed by atoms with Gasteiger partial charge >= 0.3 is 0 Å². The summed E-state index contributed by atoms with van der Waals surface area (Å²) in [4.78, 5) is 0. The van der Waals surface area contributed by atoms with E-state index in [1.165, 1.54) is 28.1 Å². The van der Waals surface area contributed by atoms with Gasteiger partial charge in [0.25, 0.3) is 0 Å². The van der Waals surface area contributed by atoms with E-state index in [2.05, 4.69) is 79.0 Å². The van der Waals surface area contributed by atoms with Crippen LogP contribution in [0.3, 0.4) is 0 Å². The summed E-state index contributed by atoms with van der Waals surface area (Å²) >= 11 is 0. The number of aryl methyl sites for hydroxylation is 2. The van der Waals surface area contributed by atoms with Crippen LogP contribution in [-0.2, 0) is 0 Å². The van der Waals surface area contributed by atoms with Crippen LogP contribution in [0.15, 0.2) is 54.2 Å². The third-order valence-electron chi connectivity index (χ3n) is 3.95. The molecule has 2 aromatic rings. The number of hydrogen-bond donors (Lipinski definition) is 2. The van der Waals surface area contributed by atoms with E-state index in [0.717, 1.165) is 12.4 Å². The Bertz CT molecular complexity index is 674. The summed E-state index contributed by atoms with van der Waals surface area (Å²) in [6, 6.07) is 16.9. The molecule has 2 aromatic carbocycles. The molecular weight excluding hydrogens is 258 g/mol. The Morgan fingerprint density at radius 2 is 1.71 bits per heavy atom. The molecule has 0 fully saturated rings. The summed E-state index contributed by atoms with van der Waals surface area (Å²) in [5.41, 5.74) is 10.8. The molecule has 21 heavy (non-hydrogen) atoms. The normalized spacial score (nSPS) is 14.3. The molecule has 0 radical (unpaired) electrons. The standard InChI is InChI=1S/C18H21N3/c1-13-9-10-17(11-14(13)2)20-21-12-19-15(3)18(21)16-7-5-4-6-8-16/h4-11,19-20H,12H2,1-3H3. The monoisotopic (exact) mass is 279 g/mol. The van der Waals surface area contributed by atoms with Gasteiger partial charge in [0.15, 0.2) is 0 Å².